The standard InChI is InChI=1S/C28H38N6O3/c1-29-14-15-30-21-8-11-26(31-19-21)33-25-18-23(36-2)9-10-24(25)27(20-6-4-3-5-7-20)32-34(28(33)35)22-12-16-37-17-13-22/h8-11,18-20,22,29-30H,3-7,12-17H2,1-2H3. The maximum atomic E-state index is 14.3. The number of nitrogens with zero attached hydrogens (tertiary/aromatic N) is 4. The fourth-order valence-electron chi connectivity index (χ4n) is 5.48. The number of hydrogen-bond donors (Lipinski definition) is 2. The van der Waals surface area contributed by atoms with Crippen LogP contribution in [-0.2, 0) is 4.74 Å². The molecule has 37 heavy (non-hydrogen) atoms. The molecule has 5 rings (SSSR count). The zero-order valence-corrected chi connectivity index (χ0v) is 21.9. The maximum Gasteiger partial charge on any atom is 0.351 e. The van der Waals surface area contributed by atoms with E-state index in [1.807, 2.05) is 31.3 Å². The number of aromatic nitrogens is 1. The number of fused-ring (bicyclic) bond motifs is 1. The zero-order valence-electron chi connectivity index (χ0n) is 21.9. The number of benzene rings is 1. The lowest BCUT2D eigenvalue weighted by molar-refractivity contribution is 0.0480. The van der Waals surface area contributed by atoms with Crippen molar-refractivity contribution >= 4 is 28.9 Å². The second-order valence-electron chi connectivity index (χ2n) is 9.94. The molecule has 9 nitrogen and oxygen atoms in total. The molecule has 0 bridgehead atoms. The van der Waals surface area contributed by atoms with Gasteiger partial charge in [-0.25, -0.2) is 19.7 Å². The molecule has 1 aromatic heterocycles. The number of carbonyl (C=O) groups excluding carboxylic acids is 1. The summed E-state index contributed by atoms with van der Waals surface area (Å²) in [6.45, 7) is 2.90. The van der Waals surface area contributed by atoms with Crippen molar-refractivity contribution in [2.45, 2.75) is 51.0 Å². The van der Waals surface area contributed by atoms with Crippen LogP contribution in [0.15, 0.2) is 41.6 Å². The lowest BCUT2D eigenvalue weighted by Crippen LogP contribution is -2.45. The smallest absolute Gasteiger partial charge is 0.351 e. The molecule has 1 aromatic carbocycles. The van der Waals surface area contributed by atoms with E-state index in [2.05, 4.69) is 16.7 Å². The Balaban J connectivity index is 1.59. The summed E-state index contributed by atoms with van der Waals surface area (Å²) in [5, 5.41) is 13.4. The molecule has 1 saturated carbocycles. The van der Waals surface area contributed by atoms with Gasteiger partial charge in [0.15, 0.2) is 0 Å². The van der Waals surface area contributed by atoms with Gasteiger partial charge in [-0.3, -0.25) is 0 Å². The third-order valence-corrected chi connectivity index (χ3v) is 7.53. The van der Waals surface area contributed by atoms with E-state index in [1.54, 1.807) is 23.2 Å². The quantitative estimate of drug-likeness (QED) is 0.502. The van der Waals surface area contributed by atoms with Crippen molar-refractivity contribution in [1.29, 1.82) is 0 Å². The minimum atomic E-state index is -0.185. The van der Waals surface area contributed by atoms with Gasteiger partial charge in [0, 0.05) is 43.9 Å². The number of nitrogens with one attached hydrogen (secondary N) is 2. The van der Waals surface area contributed by atoms with Crippen LogP contribution in [-0.4, -0.2) is 68.2 Å². The van der Waals surface area contributed by atoms with Crippen LogP contribution in [0.4, 0.5) is 22.0 Å². The number of carbonyl (C=O) groups is 1. The van der Waals surface area contributed by atoms with Gasteiger partial charge in [-0.05, 0) is 57.0 Å². The molecule has 2 N–H and O–H groups in total. The Kier molecular flexibility index (Phi) is 8.21. The molecule has 198 valence electrons. The van der Waals surface area contributed by atoms with Crippen molar-refractivity contribution in [1.82, 2.24) is 15.3 Å². The van der Waals surface area contributed by atoms with E-state index in [9.17, 15) is 4.79 Å². The first-order valence-corrected chi connectivity index (χ1v) is 13.5. The Bertz CT molecular complexity index is 1090. The Hall–Kier alpha value is -3.17. The van der Waals surface area contributed by atoms with Gasteiger partial charge in [0.05, 0.1) is 36.4 Å². The van der Waals surface area contributed by atoms with Crippen molar-refractivity contribution in [2.75, 3.05) is 50.7 Å². The lowest BCUT2D eigenvalue weighted by atomic mass is 9.83. The second kappa shape index (κ2) is 11.9. The summed E-state index contributed by atoms with van der Waals surface area (Å²) in [5.74, 6) is 1.59. The average Bonchev–Trinajstić information content (AvgIpc) is 3.08. The first kappa shape index (κ1) is 25.5. The summed E-state index contributed by atoms with van der Waals surface area (Å²) in [6, 6.07) is 9.64. The van der Waals surface area contributed by atoms with E-state index >= 15 is 0 Å². The van der Waals surface area contributed by atoms with E-state index in [-0.39, 0.29) is 12.1 Å². The summed E-state index contributed by atoms with van der Waals surface area (Å²) < 4.78 is 11.2. The van der Waals surface area contributed by atoms with Crippen molar-refractivity contribution in [3.63, 3.8) is 0 Å². The topological polar surface area (TPSA) is 91.3 Å². The number of ether oxygens (including phenoxy) is 2. The fraction of sp³-hybridized carbons (Fsp3) is 0.536. The molecule has 0 spiro atoms. The van der Waals surface area contributed by atoms with Crippen LogP contribution in [0.1, 0.15) is 50.5 Å². The molecule has 3 aliphatic rings. The predicted octanol–water partition coefficient (Wildman–Crippen LogP) is 4.76. The molecular weight excluding hydrogens is 468 g/mol. The van der Waals surface area contributed by atoms with Crippen LogP contribution >= 0.6 is 0 Å². The first-order valence-electron chi connectivity index (χ1n) is 13.5. The van der Waals surface area contributed by atoms with Crippen LogP contribution in [0.5, 0.6) is 5.75 Å². The van der Waals surface area contributed by atoms with Gasteiger partial charge < -0.3 is 20.1 Å². The van der Waals surface area contributed by atoms with Gasteiger partial charge in [0.25, 0.3) is 0 Å². The molecule has 3 heterocycles. The van der Waals surface area contributed by atoms with Crippen LogP contribution in [0, 0.1) is 5.92 Å². The molecule has 2 amide bonds. The van der Waals surface area contributed by atoms with Gasteiger partial charge in [-0.2, -0.15) is 5.10 Å². The van der Waals surface area contributed by atoms with Crippen LogP contribution in [0.25, 0.3) is 0 Å². The largest absolute Gasteiger partial charge is 0.497 e. The molecule has 2 fully saturated rings. The highest BCUT2D eigenvalue weighted by molar-refractivity contribution is 6.13. The van der Waals surface area contributed by atoms with Crippen molar-refractivity contribution in [3.05, 3.63) is 42.1 Å². The SMILES string of the molecule is CNCCNc1ccc(N2C(=O)N(C3CCOCC3)N=C(C3CCCCC3)c3ccc(OC)cc32)nc1. The Morgan fingerprint density at radius 1 is 1.05 bits per heavy atom. The van der Waals surface area contributed by atoms with E-state index in [0.29, 0.717) is 30.7 Å². The third kappa shape index (κ3) is 5.57. The molecule has 2 aliphatic heterocycles. The van der Waals surface area contributed by atoms with Gasteiger partial charge in [-0.1, -0.05) is 19.3 Å². The summed E-state index contributed by atoms with van der Waals surface area (Å²) in [7, 11) is 3.58. The van der Waals surface area contributed by atoms with Crippen molar-refractivity contribution in [2.24, 2.45) is 11.0 Å². The van der Waals surface area contributed by atoms with Crippen molar-refractivity contribution in [3.8, 4) is 5.75 Å². The molecule has 1 saturated heterocycles. The summed E-state index contributed by atoms with van der Waals surface area (Å²) in [4.78, 5) is 20.8. The molecule has 2 aromatic rings. The van der Waals surface area contributed by atoms with Gasteiger partial charge >= 0.3 is 6.03 Å². The van der Waals surface area contributed by atoms with E-state index in [1.165, 1.54) is 19.3 Å². The Morgan fingerprint density at radius 2 is 1.86 bits per heavy atom. The lowest BCUT2D eigenvalue weighted by Gasteiger charge is -2.33. The van der Waals surface area contributed by atoms with E-state index in [4.69, 9.17) is 19.6 Å². The summed E-state index contributed by atoms with van der Waals surface area (Å²) >= 11 is 0. The number of anilines is 3. The number of amides is 2. The maximum absolute atomic E-state index is 14.3. The number of hydrogen-bond acceptors (Lipinski definition) is 7. The van der Waals surface area contributed by atoms with Gasteiger partial charge in [-0.15, -0.1) is 0 Å². The number of rotatable bonds is 8. The normalized spacial score (nSPS) is 19.3. The molecule has 0 atom stereocenters. The molecule has 0 unspecified atom stereocenters. The van der Waals surface area contributed by atoms with E-state index < -0.39 is 0 Å². The second-order valence-corrected chi connectivity index (χ2v) is 9.94. The van der Waals surface area contributed by atoms with Gasteiger partial charge in [0.1, 0.15) is 11.6 Å². The highest BCUT2D eigenvalue weighted by Crippen LogP contribution is 2.39. The van der Waals surface area contributed by atoms with E-state index in [0.717, 1.165) is 61.4 Å². The molecule has 1 aliphatic carbocycles. The Labute approximate surface area is 219 Å². The monoisotopic (exact) mass is 506 g/mol. The third-order valence-electron chi connectivity index (χ3n) is 7.53. The molecular formula is C28H38N6O3. The minimum absolute atomic E-state index is 0.0129. The predicted molar refractivity (Wildman–Crippen MR) is 146 cm³/mol. The number of hydrazone groups is 1. The number of pyridine rings is 1. The molecule has 0 radical (unpaired) electrons. The number of likely N-dealkylation sites (N-methyl/N-ethyl adjacent to an activating group) is 1. The number of urea groups is 1. The minimum Gasteiger partial charge on any atom is -0.497 e. The Morgan fingerprint density at radius 3 is 2.57 bits per heavy atom. The first-order chi connectivity index (χ1) is 18.2. The highest BCUT2D eigenvalue weighted by atomic mass is 16.5. The van der Waals surface area contributed by atoms with Crippen molar-refractivity contribution < 1.29 is 14.3 Å². The zero-order chi connectivity index (χ0) is 25.6. The summed E-state index contributed by atoms with van der Waals surface area (Å²) in [5.41, 5.74) is 3.66. The average molecular weight is 507 g/mol. The van der Waals surface area contributed by atoms with Crippen LogP contribution in [0.3, 0.4) is 0 Å². The highest BCUT2D eigenvalue weighted by Gasteiger charge is 2.38. The molecule has 9 heteroatoms. The van der Waals surface area contributed by atoms with Crippen LogP contribution < -0.4 is 20.3 Å². The summed E-state index contributed by atoms with van der Waals surface area (Å²) in [6.07, 6.45) is 9.13. The van der Waals surface area contributed by atoms with Crippen LogP contribution in [0.2, 0.25) is 0 Å². The number of methoxy groups -OCH3 is 1. The van der Waals surface area contributed by atoms with Gasteiger partial charge in [0.2, 0.25) is 0 Å². The fourth-order valence-corrected chi connectivity index (χ4v) is 5.48.